The van der Waals surface area contributed by atoms with Gasteiger partial charge in [0, 0.05) is 0 Å². The molecular weight excluding hydrogens is 160 g/mol. The topological polar surface area (TPSA) is 20.2 Å². The first-order valence-electron chi connectivity index (χ1n) is 5.19. The van der Waals surface area contributed by atoms with Crippen molar-refractivity contribution in [2.24, 2.45) is 0 Å². The number of allylic oxidation sites excluding steroid dienone is 1. The number of aliphatic hydroxyl groups is 1. The number of rotatable bonds is 8. The van der Waals surface area contributed by atoms with Crippen molar-refractivity contribution in [1.82, 2.24) is 0 Å². The Morgan fingerprint density at radius 3 is 2.62 bits per heavy atom. The normalized spacial score (nSPS) is 12.5. The highest BCUT2D eigenvalue weighted by Gasteiger charge is 2.03. The summed E-state index contributed by atoms with van der Waals surface area (Å²) in [5, 5.41) is 9.54. The van der Waals surface area contributed by atoms with E-state index < -0.39 is 0 Å². The highest BCUT2D eigenvalue weighted by atomic mass is 16.3. The summed E-state index contributed by atoms with van der Waals surface area (Å²) in [5.74, 6) is 0. The summed E-state index contributed by atoms with van der Waals surface area (Å²) in [4.78, 5) is 0. The minimum atomic E-state index is -0.220. The maximum Gasteiger partial charge on any atom is 0.0580 e. The van der Waals surface area contributed by atoms with E-state index in [1.807, 2.05) is 0 Å². The smallest absolute Gasteiger partial charge is 0.0580 e. The second-order valence-electron chi connectivity index (χ2n) is 3.57. The first kappa shape index (κ1) is 12.4. The zero-order valence-electron chi connectivity index (χ0n) is 8.76. The fourth-order valence-electron chi connectivity index (χ4n) is 1.29. The van der Waals surface area contributed by atoms with Gasteiger partial charge in [-0.15, -0.1) is 0 Å². The second kappa shape index (κ2) is 8.06. The molecule has 0 aromatic carbocycles. The Kier molecular flexibility index (Phi) is 7.71. The molecular formula is C12H22O. The molecule has 0 heterocycles. The van der Waals surface area contributed by atoms with Gasteiger partial charge in [0.15, 0.2) is 0 Å². The SMILES string of the molecule is C=CC(=C)CC(O)CCCCCC. The van der Waals surface area contributed by atoms with Gasteiger partial charge >= 0.3 is 0 Å². The molecule has 0 spiro atoms. The summed E-state index contributed by atoms with van der Waals surface area (Å²) in [5.41, 5.74) is 0.933. The summed E-state index contributed by atoms with van der Waals surface area (Å²) < 4.78 is 0. The molecule has 1 nitrogen and oxygen atoms in total. The van der Waals surface area contributed by atoms with Crippen LogP contribution in [0.3, 0.4) is 0 Å². The fourth-order valence-corrected chi connectivity index (χ4v) is 1.29. The van der Waals surface area contributed by atoms with Gasteiger partial charge in [-0.2, -0.15) is 0 Å². The van der Waals surface area contributed by atoms with E-state index in [2.05, 4.69) is 20.1 Å². The number of hydrogen-bond acceptors (Lipinski definition) is 1. The Bertz CT molecular complexity index is 149. The highest BCUT2D eigenvalue weighted by Crippen LogP contribution is 2.11. The van der Waals surface area contributed by atoms with E-state index in [0.717, 1.165) is 18.4 Å². The van der Waals surface area contributed by atoms with E-state index in [0.29, 0.717) is 6.42 Å². The Morgan fingerprint density at radius 2 is 2.08 bits per heavy atom. The predicted octanol–water partition coefficient (Wildman–Crippen LogP) is 3.45. The summed E-state index contributed by atoms with van der Waals surface area (Å²) in [7, 11) is 0. The van der Waals surface area contributed by atoms with Gasteiger partial charge in [-0.3, -0.25) is 0 Å². The molecule has 0 bridgehead atoms. The maximum absolute atomic E-state index is 9.54. The number of aliphatic hydroxyl groups excluding tert-OH is 1. The third kappa shape index (κ3) is 7.79. The molecule has 0 saturated carbocycles. The lowest BCUT2D eigenvalue weighted by atomic mass is 10.0. The van der Waals surface area contributed by atoms with Crippen LogP contribution in [0.25, 0.3) is 0 Å². The van der Waals surface area contributed by atoms with Crippen molar-refractivity contribution in [3.8, 4) is 0 Å². The Morgan fingerprint density at radius 1 is 1.38 bits per heavy atom. The van der Waals surface area contributed by atoms with Crippen LogP contribution in [-0.4, -0.2) is 11.2 Å². The van der Waals surface area contributed by atoms with Crippen LogP contribution in [-0.2, 0) is 0 Å². The molecule has 0 saturated heterocycles. The summed E-state index contributed by atoms with van der Waals surface area (Å²) in [6.45, 7) is 9.58. The van der Waals surface area contributed by atoms with Crippen molar-refractivity contribution in [3.63, 3.8) is 0 Å². The largest absolute Gasteiger partial charge is 0.393 e. The van der Waals surface area contributed by atoms with Crippen molar-refractivity contribution in [2.45, 2.75) is 51.6 Å². The van der Waals surface area contributed by atoms with Crippen molar-refractivity contribution >= 4 is 0 Å². The van der Waals surface area contributed by atoms with Gasteiger partial charge in [0.05, 0.1) is 6.10 Å². The highest BCUT2D eigenvalue weighted by molar-refractivity contribution is 5.11. The molecule has 0 aromatic heterocycles. The van der Waals surface area contributed by atoms with Gasteiger partial charge in [0.25, 0.3) is 0 Å². The predicted molar refractivity (Wildman–Crippen MR) is 58.7 cm³/mol. The Labute approximate surface area is 82.2 Å². The molecule has 76 valence electrons. The van der Waals surface area contributed by atoms with Crippen LogP contribution in [0.2, 0.25) is 0 Å². The average Bonchev–Trinajstić information content (AvgIpc) is 2.12. The van der Waals surface area contributed by atoms with Crippen LogP contribution in [0.15, 0.2) is 24.8 Å². The van der Waals surface area contributed by atoms with E-state index in [9.17, 15) is 5.11 Å². The third-order valence-corrected chi connectivity index (χ3v) is 2.18. The van der Waals surface area contributed by atoms with Gasteiger partial charge in [0.1, 0.15) is 0 Å². The van der Waals surface area contributed by atoms with E-state index in [4.69, 9.17) is 0 Å². The van der Waals surface area contributed by atoms with Gasteiger partial charge in [-0.1, -0.05) is 57.4 Å². The minimum absolute atomic E-state index is 0.220. The van der Waals surface area contributed by atoms with Gasteiger partial charge in [-0.25, -0.2) is 0 Å². The summed E-state index contributed by atoms with van der Waals surface area (Å²) >= 11 is 0. The monoisotopic (exact) mass is 182 g/mol. The van der Waals surface area contributed by atoms with Crippen LogP contribution in [0, 0.1) is 0 Å². The van der Waals surface area contributed by atoms with Gasteiger partial charge in [0.2, 0.25) is 0 Å². The molecule has 1 N–H and O–H groups in total. The standard InChI is InChI=1S/C12H22O/c1-4-6-7-8-9-12(13)10-11(3)5-2/h5,12-13H,2-4,6-10H2,1H3. The molecule has 13 heavy (non-hydrogen) atoms. The molecule has 0 aliphatic carbocycles. The molecule has 0 rings (SSSR count). The van der Waals surface area contributed by atoms with E-state index >= 15 is 0 Å². The van der Waals surface area contributed by atoms with Crippen molar-refractivity contribution < 1.29 is 5.11 Å². The Balaban J connectivity index is 3.34. The Hall–Kier alpha value is -0.560. The first-order valence-corrected chi connectivity index (χ1v) is 5.19. The van der Waals surface area contributed by atoms with Gasteiger partial charge in [-0.05, 0) is 12.8 Å². The van der Waals surface area contributed by atoms with Gasteiger partial charge < -0.3 is 5.11 Å². The average molecular weight is 182 g/mol. The molecule has 1 heteroatoms. The quantitative estimate of drug-likeness (QED) is 0.450. The third-order valence-electron chi connectivity index (χ3n) is 2.18. The van der Waals surface area contributed by atoms with Crippen molar-refractivity contribution in [3.05, 3.63) is 24.8 Å². The van der Waals surface area contributed by atoms with Crippen LogP contribution in [0.1, 0.15) is 45.4 Å². The van der Waals surface area contributed by atoms with E-state index in [1.165, 1.54) is 19.3 Å². The molecule has 0 radical (unpaired) electrons. The molecule has 1 unspecified atom stereocenters. The number of unbranched alkanes of at least 4 members (excludes halogenated alkanes) is 3. The lowest BCUT2D eigenvalue weighted by molar-refractivity contribution is 0.162. The first-order chi connectivity index (χ1) is 6.20. The van der Waals surface area contributed by atoms with Crippen LogP contribution >= 0.6 is 0 Å². The van der Waals surface area contributed by atoms with Crippen LogP contribution in [0.4, 0.5) is 0 Å². The fraction of sp³-hybridized carbons (Fsp3) is 0.667. The minimum Gasteiger partial charge on any atom is -0.393 e. The van der Waals surface area contributed by atoms with Crippen molar-refractivity contribution in [2.75, 3.05) is 0 Å². The molecule has 1 atom stereocenters. The summed E-state index contributed by atoms with van der Waals surface area (Å²) in [6.07, 6.45) is 7.94. The zero-order chi connectivity index (χ0) is 10.1. The maximum atomic E-state index is 9.54. The molecule has 0 fully saturated rings. The molecule has 0 aliphatic heterocycles. The number of hydrogen-bond donors (Lipinski definition) is 1. The second-order valence-corrected chi connectivity index (χ2v) is 3.57. The van der Waals surface area contributed by atoms with Crippen molar-refractivity contribution in [1.29, 1.82) is 0 Å². The molecule has 0 aromatic rings. The lowest BCUT2D eigenvalue weighted by Gasteiger charge is -2.09. The van der Waals surface area contributed by atoms with E-state index in [1.54, 1.807) is 6.08 Å². The van der Waals surface area contributed by atoms with Crippen LogP contribution in [0.5, 0.6) is 0 Å². The van der Waals surface area contributed by atoms with Crippen LogP contribution < -0.4 is 0 Å². The summed E-state index contributed by atoms with van der Waals surface area (Å²) in [6, 6.07) is 0. The zero-order valence-corrected chi connectivity index (χ0v) is 8.76. The lowest BCUT2D eigenvalue weighted by Crippen LogP contribution is -2.06. The van der Waals surface area contributed by atoms with E-state index in [-0.39, 0.29) is 6.10 Å². The molecule has 0 aliphatic rings. The molecule has 0 amide bonds.